The van der Waals surface area contributed by atoms with E-state index in [1.165, 1.54) is 57.9 Å². The monoisotopic (exact) mass is 227 g/mol. The number of nitrogens with one attached hydrogen (secondary N) is 1. The number of hydrogen-bond donors (Lipinski definition) is 1. The van der Waals surface area contributed by atoms with Gasteiger partial charge in [0.2, 0.25) is 0 Å². The van der Waals surface area contributed by atoms with Crippen LogP contribution in [0.3, 0.4) is 0 Å². The molecule has 0 aromatic heterocycles. The minimum atomic E-state index is 0.700. The van der Waals surface area contributed by atoms with Crippen LogP contribution >= 0.6 is 0 Å². The summed E-state index contributed by atoms with van der Waals surface area (Å²) >= 11 is 0. The van der Waals surface area contributed by atoms with Gasteiger partial charge in [0.25, 0.3) is 0 Å². The average Bonchev–Trinajstić information content (AvgIpc) is 2.29. The van der Waals surface area contributed by atoms with Crippen LogP contribution in [0.1, 0.15) is 79.1 Å². The molecule has 0 spiro atoms. The van der Waals surface area contributed by atoms with Crippen LogP contribution in [-0.2, 0) is 0 Å². The molecule has 0 saturated heterocycles. The molecule has 0 heterocycles. The zero-order chi connectivity index (χ0) is 12.2. The van der Waals surface area contributed by atoms with Gasteiger partial charge in [-0.15, -0.1) is 0 Å². The molecule has 0 aromatic carbocycles. The predicted octanol–water partition coefficient (Wildman–Crippen LogP) is 4.76. The van der Waals surface area contributed by atoms with Crippen molar-refractivity contribution in [1.82, 2.24) is 5.32 Å². The van der Waals surface area contributed by atoms with Crippen molar-refractivity contribution in [2.45, 2.75) is 85.1 Å². The molecule has 0 rings (SSSR count). The van der Waals surface area contributed by atoms with Crippen molar-refractivity contribution in [2.24, 2.45) is 5.92 Å². The fourth-order valence-corrected chi connectivity index (χ4v) is 2.40. The summed E-state index contributed by atoms with van der Waals surface area (Å²) in [6, 6.07) is 0.700. The van der Waals surface area contributed by atoms with Crippen molar-refractivity contribution in [2.75, 3.05) is 6.54 Å². The zero-order valence-corrected chi connectivity index (χ0v) is 12.0. The van der Waals surface area contributed by atoms with Crippen molar-refractivity contribution in [3.63, 3.8) is 0 Å². The van der Waals surface area contributed by atoms with E-state index in [1.807, 2.05) is 0 Å². The Morgan fingerprint density at radius 1 is 0.812 bits per heavy atom. The van der Waals surface area contributed by atoms with Gasteiger partial charge in [-0.05, 0) is 25.8 Å². The molecule has 0 aliphatic rings. The van der Waals surface area contributed by atoms with E-state index < -0.39 is 0 Å². The molecule has 0 bridgehead atoms. The molecule has 0 radical (unpaired) electrons. The maximum Gasteiger partial charge on any atom is 0.00667 e. The quantitative estimate of drug-likeness (QED) is 0.502. The first-order chi connectivity index (χ1) is 7.76. The first-order valence-corrected chi connectivity index (χ1v) is 7.49. The van der Waals surface area contributed by atoms with Crippen molar-refractivity contribution in [1.29, 1.82) is 0 Å². The van der Waals surface area contributed by atoms with E-state index in [9.17, 15) is 0 Å². The SMILES string of the molecule is CCCCCCCCNC(C)C(CC)CC. The molecule has 0 saturated carbocycles. The maximum atomic E-state index is 3.68. The lowest BCUT2D eigenvalue weighted by Crippen LogP contribution is -2.33. The van der Waals surface area contributed by atoms with Gasteiger partial charge in [-0.25, -0.2) is 0 Å². The summed E-state index contributed by atoms with van der Waals surface area (Å²) < 4.78 is 0. The molecular formula is C15H33N. The fraction of sp³-hybridized carbons (Fsp3) is 1.00. The molecule has 1 nitrogen and oxygen atoms in total. The van der Waals surface area contributed by atoms with E-state index in [-0.39, 0.29) is 0 Å². The van der Waals surface area contributed by atoms with E-state index in [0.29, 0.717) is 6.04 Å². The second kappa shape index (κ2) is 11.4. The van der Waals surface area contributed by atoms with Gasteiger partial charge in [0.1, 0.15) is 0 Å². The highest BCUT2D eigenvalue weighted by Gasteiger charge is 2.11. The lowest BCUT2D eigenvalue weighted by molar-refractivity contribution is 0.351. The predicted molar refractivity (Wildman–Crippen MR) is 74.9 cm³/mol. The van der Waals surface area contributed by atoms with Gasteiger partial charge in [-0.2, -0.15) is 0 Å². The molecule has 1 atom stereocenters. The van der Waals surface area contributed by atoms with Crippen LogP contribution in [0, 0.1) is 5.92 Å². The van der Waals surface area contributed by atoms with Crippen molar-refractivity contribution >= 4 is 0 Å². The van der Waals surface area contributed by atoms with E-state index in [0.717, 1.165) is 5.92 Å². The smallest absolute Gasteiger partial charge is 0.00667 e. The second-order valence-electron chi connectivity index (χ2n) is 5.09. The number of rotatable bonds is 11. The lowest BCUT2D eigenvalue weighted by atomic mass is 9.95. The van der Waals surface area contributed by atoms with Crippen LogP contribution in [-0.4, -0.2) is 12.6 Å². The molecule has 1 N–H and O–H groups in total. The maximum absolute atomic E-state index is 3.68. The highest BCUT2D eigenvalue weighted by atomic mass is 14.9. The Morgan fingerprint density at radius 2 is 1.38 bits per heavy atom. The first-order valence-electron chi connectivity index (χ1n) is 7.49. The molecule has 0 aliphatic carbocycles. The van der Waals surface area contributed by atoms with E-state index in [2.05, 4.69) is 33.0 Å². The summed E-state index contributed by atoms with van der Waals surface area (Å²) in [7, 11) is 0. The molecule has 98 valence electrons. The lowest BCUT2D eigenvalue weighted by Gasteiger charge is -2.22. The molecular weight excluding hydrogens is 194 g/mol. The number of unbranched alkanes of at least 4 members (excludes halogenated alkanes) is 5. The summed E-state index contributed by atoms with van der Waals surface area (Å²) in [6.07, 6.45) is 11.0. The third-order valence-electron chi connectivity index (χ3n) is 3.75. The second-order valence-corrected chi connectivity index (χ2v) is 5.09. The summed E-state index contributed by atoms with van der Waals surface area (Å²) in [5, 5.41) is 3.68. The van der Waals surface area contributed by atoms with Gasteiger partial charge in [-0.1, -0.05) is 65.7 Å². The molecule has 0 amide bonds. The van der Waals surface area contributed by atoms with Gasteiger partial charge in [-0.3, -0.25) is 0 Å². The molecule has 1 unspecified atom stereocenters. The first kappa shape index (κ1) is 16.0. The average molecular weight is 227 g/mol. The summed E-state index contributed by atoms with van der Waals surface area (Å²) in [4.78, 5) is 0. The molecule has 16 heavy (non-hydrogen) atoms. The van der Waals surface area contributed by atoms with Crippen LogP contribution in [0.4, 0.5) is 0 Å². The van der Waals surface area contributed by atoms with E-state index >= 15 is 0 Å². The Bertz CT molecular complexity index is 129. The molecule has 0 aromatic rings. The zero-order valence-electron chi connectivity index (χ0n) is 12.0. The van der Waals surface area contributed by atoms with Crippen LogP contribution in [0.5, 0.6) is 0 Å². The van der Waals surface area contributed by atoms with E-state index in [1.54, 1.807) is 0 Å². The Balaban J connectivity index is 3.30. The van der Waals surface area contributed by atoms with Crippen LogP contribution < -0.4 is 5.32 Å². The van der Waals surface area contributed by atoms with Gasteiger partial charge in [0.15, 0.2) is 0 Å². The minimum absolute atomic E-state index is 0.700. The topological polar surface area (TPSA) is 12.0 Å². The van der Waals surface area contributed by atoms with Crippen molar-refractivity contribution in [3.05, 3.63) is 0 Å². The van der Waals surface area contributed by atoms with E-state index in [4.69, 9.17) is 0 Å². The van der Waals surface area contributed by atoms with Gasteiger partial charge >= 0.3 is 0 Å². The molecule has 0 fully saturated rings. The summed E-state index contributed by atoms with van der Waals surface area (Å²) in [5.41, 5.74) is 0. The molecule has 1 heteroatoms. The highest BCUT2D eigenvalue weighted by Crippen LogP contribution is 2.12. The van der Waals surface area contributed by atoms with Crippen molar-refractivity contribution in [3.8, 4) is 0 Å². The van der Waals surface area contributed by atoms with Crippen LogP contribution in [0.25, 0.3) is 0 Å². The minimum Gasteiger partial charge on any atom is -0.314 e. The Labute approximate surface area is 103 Å². The fourth-order valence-electron chi connectivity index (χ4n) is 2.40. The Hall–Kier alpha value is -0.0400. The third kappa shape index (κ3) is 8.15. The number of hydrogen-bond acceptors (Lipinski definition) is 1. The van der Waals surface area contributed by atoms with Crippen LogP contribution in [0.2, 0.25) is 0 Å². The van der Waals surface area contributed by atoms with Crippen LogP contribution in [0.15, 0.2) is 0 Å². The third-order valence-corrected chi connectivity index (χ3v) is 3.75. The molecule has 0 aliphatic heterocycles. The Morgan fingerprint density at radius 3 is 1.94 bits per heavy atom. The van der Waals surface area contributed by atoms with Gasteiger partial charge in [0.05, 0.1) is 0 Å². The highest BCUT2D eigenvalue weighted by molar-refractivity contribution is 4.69. The van der Waals surface area contributed by atoms with Gasteiger partial charge < -0.3 is 5.32 Å². The van der Waals surface area contributed by atoms with Crippen molar-refractivity contribution < 1.29 is 0 Å². The summed E-state index contributed by atoms with van der Waals surface area (Å²) in [6.45, 7) is 10.4. The summed E-state index contributed by atoms with van der Waals surface area (Å²) in [5.74, 6) is 0.861. The standard InChI is InChI=1S/C15H33N/c1-5-8-9-10-11-12-13-16-14(4)15(6-2)7-3/h14-16H,5-13H2,1-4H3. The van der Waals surface area contributed by atoms with Gasteiger partial charge in [0, 0.05) is 6.04 Å². The largest absolute Gasteiger partial charge is 0.314 e. The normalized spacial score (nSPS) is 13.3. The Kier molecular flexibility index (Phi) is 11.4.